The van der Waals surface area contributed by atoms with Crippen LogP contribution in [0.4, 0.5) is 10.5 Å². The molecule has 0 aromatic heterocycles. The van der Waals surface area contributed by atoms with Gasteiger partial charge in [-0.05, 0) is 42.3 Å². The molecule has 0 radical (unpaired) electrons. The van der Waals surface area contributed by atoms with E-state index in [0.717, 1.165) is 16.8 Å². The Labute approximate surface area is 179 Å². The van der Waals surface area contributed by atoms with E-state index in [1.54, 1.807) is 6.07 Å². The van der Waals surface area contributed by atoms with Gasteiger partial charge < -0.3 is 20.5 Å². The fourth-order valence-corrected chi connectivity index (χ4v) is 4.96. The van der Waals surface area contributed by atoms with E-state index in [0.29, 0.717) is 37.2 Å². The molecule has 0 saturated carbocycles. The first-order chi connectivity index (χ1) is 14.4. The van der Waals surface area contributed by atoms with Gasteiger partial charge in [-0.25, -0.2) is 4.79 Å². The summed E-state index contributed by atoms with van der Waals surface area (Å²) in [6.45, 7) is 1.13. The summed E-state index contributed by atoms with van der Waals surface area (Å²) >= 11 is 6.25. The van der Waals surface area contributed by atoms with Crippen LogP contribution in [-0.4, -0.2) is 47.4 Å². The Morgan fingerprint density at radius 1 is 1.27 bits per heavy atom. The van der Waals surface area contributed by atoms with Crippen LogP contribution in [0.3, 0.4) is 0 Å². The molecular weight excluding hydrogens is 406 g/mol. The molecule has 2 aliphatic heterocycles. The molecule has 4 rings (SSSR count). The van der Waals surface area contributed by atoms with Crippen LogP contribution in [0.15, 0.2) is 48.5 Å². The van der Waals surface area contributed by atoms with Crippen molar-refractivity contribution < 1.29 is 19.5 Å². The van der Waals surface area contributed by atoms with Crippen molar-refractivity contribution in [3.05, 3.63) is 64.7 Å². The number of aldehydes is 1. The van der Waals surface area contributed by atoms with E-state index in [2.05, 4.69) is 15.5 Å². The summed E-state index contributed by atoms with van der Waals surface area (Å²) in [6.07, 6.45) is 0.401. The van der Waals surface area contributed by atoms with Gasteiger partial charge in [0.25, 0.3) is 0 Å². The van der Waals surface area contributed by atoms with Crippen molar-refractivity contribution in [2.45, 2.75) is 30.3 Å². The Hall–Kier alpha value is -2.90. The van der Waals surface area contributed by atoms with E-state index < -0.39 is 23.6 Å². The monoisotopic (exact) mass is 427 g/mol. The maximum atomic E-state index is 12.4. The smallest absolute Gasteiger partial charge is 0.405 e. The largest absolute Gasteiger partial charge is 0.465 e. The van der Waals surface area contributed by atoms with Gasteiger partial charge in [0.2, 0.25) is 5.91 Å². The SMILES string of the molecule is O=C[C@@H](NC(=O)O)C(c1ccccc1)N1CCC2(CC(=O)Nc3ccc(Cl)cc32)C1. The van der Waals surface area contributed by atoms with E-state index in [4.69, 9.17) is 11.6 Å². The molecule has 156 valence electrons. The average molecular weight is 428 g/mol. The highest BCUT2D eigenvalue weighted by molar-refractivity contribution is 6.30. The van der Waals surface area contributed by atoms with Crippen molar-refractivity contribution in [1.82, 2.24) is 10.2 Å². The van der Waals surface area contributed by atoms with Gasteiger partial charge in [-0.2, -0.15) is 0 Å². The van der Waals surface area contributed by atoms with Gasteiger partial charge in [-0.15, -0.1) is 0 Å². The molecule has 0 aliphatic carbocycles. The third-order valence-electron chi connectivity index (χ3n) is 6.02. The second-order valence-electron chi connectivity index (χ2n) is 7.88. The number of anilines is 1. The molecule has 1 saturated heterocycles. The van der Waals surface area contributed by atoms with Gasteiger partial charge in [0.1, 0.15) is 12.3 Å². The summed E-state index contributed by atoms with van der Waals surface area (Å²) < 4.78 is 0. The van der Waals surface area contributed by atoms with E-state index >= 15 is 0 Å². The zero-order valence-electron chi connectivity index (χ0n) is 16.2. The number of amides is 2. The highest BCUT2D eigenvalue weighted by Crippen LogP contribution is 2.47. The molecule has 3 atom stereocenters. The topological polar surface area (TPSA) is 98.7 Å². The third-order valence-corrected chi connectivity index (χ3v) is 6.26. The van der Waals surface area contributed by atoms with Gasteiger partial charge in [0.15, 0.2) is 0 Å². The molecule has 2 aromatic rings. The first-order valence-electron chi connectivity index (χ1n) is 9.75. The number of benzene rings is 2. The van der Waals surface area contributed by atoms with E-state index in [-0.39, 0.29) is 5.91 Å². The van der Waals surface area contributed by atoms with Gasteiger partial charge in [0.05, 0.1) is 6.04 Å². The van der Waals surface area contributed by atoms with Gasteiger partial charge in [-0.1, -0.05) is 41.9 Å². The molecule has 3 N–H and O–H groups in total. The molecule has 1 spiro atoms. The number of carboxylic acid groups (broad SMARTS) is 1. The van der Waals surface area contributed by atoms with Crippen molar-refractivity contribution in [1.29, 1.82) is 0 Å². The highest BCUT2D eigenvalue weighted by Gasteiger charge is 2.48. The number of hydrogen-bond donors (Lipinski definition) is 3. The molecule has 2 aromatic carbocycles. The van der Waals surface area contributed by atoms with E-state index in [1.807, 2.05) is 42.5 Å². The maximum Gasteiger partial charge on any atom is 0.405 e. The van der Waals surface area contributed by atoms with Crippen LogP contribution in [0.5, 0.6) is 0 Å². The van der Waals surface area contributed by atoms with Crippen molar-refractivity contribution >= 4 is 35.6 Å². The molecule has 2 amide bonds. The fraction of sp³-hybridized carbons (Fsp3) is 0.318. The summed E-state index contributed by atoms with van der Waals surface area (Å²) in [7, 11) is 0. The highest BCUT2D eigenvalue weighted by atomic mass is 35.5. The normalized spacial score (nSPS) is 22.8. The molecule has 30 heavy (non-hydrogen) atoms. The first-order valence-corrected chi connectivity index (χ1v) is 10.1. The van der Waals surface area contributed by atoms with E-state index in [9.17, 15) is 19.5 Å². The van der Waals surface area contributed by atoms with Crippen LogP contribution < -0.4 is 10.6 Å². The summed E-state index contributed by atoms with van der Waals surface area (Å²) in [5.74, 6) is -0.0569. The second-order valence-corrected chi connectivity index (χ2v) is 8.32. The van der Waals surface area contributed by atoms with Gasteiger partial charge in [0, 0.05) is 29.1 Å². The van der Waals surface area contributed by atoms with Crippen molar-refractivity contribution in [2.24, 2.45) is 0 Å². The molecule has 0 bridgehead atoms. The number of likely N-dealkylation sites (tertiary alicyclic amines) is 1. The predicted octanol–water partition coefficient (Wildman–Crippen LogP) is 3.20. The number of halogens is 1. The Balaban J connectivity index is 1.72. The molecule has 2 aliphatic rings. The molecular formula is C22H22ClN3O4. The summed E-state index contributed by atoms with van der Waals surface area (Å²) in [4.78, 5) is 37.7. The number of hydrogen-bond acceptors (Lipinski definition) is 4. The lowest BCUT2D eigenvalue weighted by molar-refractivity contribution is -0.118. The third kappa shape index (κ3) is 3.78. The Morgan fingerprint density at radius 2 is 2.03 bits per heavy atom. The summed E-state index contributed by atoms with van der Waals surface area (Å²) in [5.41, 5.74) is 2.14. The molecule has 2 heterocycles. The zero-order chi connectivity index (χ0) is 21.3. The number of nitrogens with one attached hydrogen (secondary N) is 2. The molecule has 2 unspecified atom stereocenters. The standard InChI is InChI=1S/C22H22ClN3O4/c23-15-6-7-17-16(10-15)22(11-19(28)24-17)8-9-26(13-22)20(14-4-2-1-3-5-14)18(12-27)25-21(29)30/h1-7,10,12,18,20,25H,8-9,11,13H2,(H,24,28)(H,29,30)/t18-,20?,22?/m1/s1. The summed E-state index contributed by atoms with van der Waals surface area (Å²) in [5, 5.41) is 15.1. The second kappa shape index (κ2) is 8.08. The number of nitrogens with zero attached hydrogens (tertiary/aromatic N) is 1. The number of fused-ring (bicyclic) bond motifs is 2. The van der Waals surface area contributed by atoms with E-state index in [1.165, 1.54) is 0 Å². The summed E-state index contributed by atoms with van der Waals surface area (Å²) in [6, 6.07) is 13.4. The molecule has 1 fully saturated rings. The fourth-order valence-electron chi connectivity index (χ4n) is 4.79. The number of carbonyl (C=O) groups excluding carboxylic acids is 2. The lowest BCUT2D eigenvalue weighted by atomic mass is 9.73. The van der Waals surface area contributed by atoms with Crippen LogP contribution in [0, 0.1) is 0 Å². The van der Waals surface area contributed by atoms with Crippen molar-refractivity contribution in [3.8, 4) is 0 Å². The lowest BCUT2D eigenvalue weighted by Gasteiger charge is -2.38. The Kier molecular flexibility index (Phi) is 5.49. The Bertz CT molecular complexity index is 984. The van der Waals surface area contributed by atoms with Crippen molar-refractivity contribution in [2.75, 3.05) is 18.4 Å². The van der Waals surface area contributed by atoms with Crippen LogP contribution in [0.1, 0.15) is 30.0 Å². The van der Waals surface area contributed by atoms with Crippen LogP contribution >= 0.6 is 11.6 Å². The predicted molar refractivity (Wildman–Crippen MR) is 113 cm³/mol. The minimum atomic E-state index is -1.25. The maximum absolute atomic E-state index is 12.4. The van der Waals surface area contributed by atoms with Crippen molar-refractivity contribution in [3.63, 3.8) is 0 Å². The first kappa shape index (κ1) is 20.4. The zero-order valence-corrected chi connectivity index (χ0v) is 16.9. The Morgan fingerprint density at radius 3 is 2.73 bits per heavy atom. The molecule has 8 heteroatoms. The quantitative estimate of drug-likeness (QED) is 0.636. The lowest BCUT2D eigenvalue weighted by Crippen LogP contribution is -2.47. The molecule has 7 nitrogen and oxygen atoms in total. The minimum absolute atomic E-state index is 0.0569. The van der Waals surface area contributed by atoms with Crippen LogP contribution in [-0.2, 0) is 15.0 Å². The minimum Gasteiger partial charge on any atom is -0.465 e. The average Bonchev–Trinajstić information content (AvgIpc) is 3.12. The number of rotatable bonds is 5. The van der Waals surface area contributed by atoms with Gasteiger partial charge in [-0.3, -0.25) is 9.69 Å². The number of carbonyl (C=O) groups is 3. The van der Waals surface area contributed by atoms with Gasteiger partial charge >= 0.3 is 6.09 Å². The van der Waals surface area contributed by atoms with Crippen LogP contribution in [0.25, 0.3) is 0 Å². The van der Waals surface area contributed by atoms with Crippen LogP contribution in [0.2, 0.25) is 5.02 Å².